The molecular formula is C13H14O2Si. The molecule has 0 N–H and O–H groups in total. The molecule has 0 unspecified atom stereocenters. The first kappa shape index (κ1) is 10.8. The standard InChI is InChI=1S/C13H14O2Si/c16-15-13-9-5-4-8-12(13)14-10-11-6-2-1-3-7-11/h1-9H,10H2,16H3. The van der Waals surface area contributed by atoms with Crippen LogP contribution >= 0.6 is 0 Å². The van der Waals surface area contributed by atoms with Crippen molar-refractivity contribution < 1.29 is 9.16 Å². The Labute approximate surface area is 98.4 Å². The normalized spacial score (nSPS) is 10.0. The zero-order valence-electron chi connectivity index (χ0n) is 9.22. The van der Waals surface area contributed by atoms with Crippen LogP contribution < -0.4 is 9.16 Å². The summed E-state index contributed by atoms with van der Waals surface area (Å²) >= 11 is 0. The summed E-state index contributed by atoms with van der Waals surface area (Å²) in [6.07, 6.45) is 0. The monoisotopic (exact) mass is 230 g/mol. The molecule has 0 saturated carbocycles. The van der Waals surface area contributed by atoms with E-state index in [4.69, 9.17) is 9.16 Å². The third kappa shape index (κ3) is 2.64. The molecular weight excluding hydrogens is 216 g/mol. The molecule has 0 heterocycles. The first-order chi connectivity index (χ1) is 7.90. The summed E-state index contributed by atoms with van der Waals surface area (Å²) in [5, 5.41) is 0. The SMILES string of the molecule is [SiH3]Oc1ccccc1OCc1ccccc1. The van der Waals surface area contributed by atoms with E-state index in [-0.39, 0.29) is 0 Å². The van der Waals surface area contributed by atoms with Crippen molar-refractivity contribution in [1.29, 1.82) is 0 Å². The van der Waals surface area contributed by atoms with Gasteiger partial charge in [-0.25, -0.2) is 0 Å². The fourth-order valence-electron chi connectivity index (χ4n) is 1.47. The third-order valence-electron chi connectivity index (χ3n) is 2.31. The average molecular weight is 230 g/mol. The Hall–Kier alpha value is -1.74. The van der Waals surface area contributed by atoms with Crippen LogP contribution in [0.15, 0.2) is 54.6 Å². The summed E-state index contributed by atoms with van der Waals surface area (Å²) in [6, 6.07) is 17.9. The van der Waals surface area contributed by atoms with Gasteiger partial charge in [0.05, 0.1) is 0 Å². The molecule has 2 rings (SSSR count). The van der Waals surface area contributed by atoms with E-state index in [1.807, 2.05) is 54.6 Å². The maximum absolute atomic E-state index is 5.71. The second kappa shape index (κ2) is 5.37. The van der Waals surface area contributed by atoms with E-state index in [2.05, 4.69) is 0 Å². The second-order valence-electron chi connectivity index (χ2n) is 3.43. The molecule has 2 aromatic carbocycles. The molecule has 0 spiro atoms. The zero-order chi connectivity index (χ0) is 11.2. The van der Waals surface area contributed by atoms with Gasteiger partial charge in [-0.3, -0.25) is 0 Å². The van der Waals surface area contributed by atoms with Crippen molar-refractivity contribution in [2.75, 3.05) is 0 Å². The third-order valence-corrected chi connectivity index (χ3v) is 2.75. The number of rotatable bonds is 4. The number of para-hydroxylation sites is 2. The zero-order valence-corrected chi connectivity index (χ0v) is 11.2. The maximum atomic E-state index is 5.71. The van der Waals surface area contributed by atoms with Crippen LogP contribution in [0.3, 0.4) is 0 Å². The van der Waals surface area contributed by atoms with Gasteiger partial charge in [0.15, 0.2) is 5.75 Å². The minimum Gasteiger partial charge on any atom is -0.551 e. The number of hydrogen-bond acceptors (Lipinski definition) is 2. The first-order valence-corrected chi connectivity index (χ1v) is 6.01. The molecule has 0 amide bonds. The Kier molecular flexibility index (Phi) is 3.61. The molecule has 0 fully saturated rings. The van der Waals surface area contributed by atoms with Gasteiger partial charge >= 0.3 is 0 Å². The lowest BCUT2D eigenvalue weighted by Crippen LogP contribution is -1.97. The van der Waals surface area contributed by atoms with Gasteiger partial charge in [0.25, 0.3) is 0 Å². The van der Waals surface area contributed by atoms with Gasteiger partial charge in [0.2, 0.25) is 10.5 Å². The Bertz CT molecular complexity index is 443. The molecule has 2 nitrogen and oxygen atoms in total. The van der Waals surface area contributed by atoms with Crippen molar-refractivity contribution in [3.05, 3.63) is 60.2 Å². The molecule has 0 saturated heterocycles. The van der Waals surface area contributed by atoms with Crippen LogP contribution in [0.1, 0.15) is 5.56 Å². The van der Waals surface area contributed by atoms with Crippen LogP contribution in [0.2, 0.25) is 0 Å². The summed E-state index contributed by atoms with van der Waals surface area (Å²) in [5.41, 5.74) is 1.16. The van der Waals surface area contributed by atoms with Gasteiger partial charge in [-0.2, -0.15) is 0 Å². The van der Waals surface area contributed by atoms with Gasteiger partial charge in [0.1, 0.15) is 12.4 Å². The van der Waals surface area contributed by atoms with Crippen LogP contribution in [-0.4, -0.2) is 10.5 Å². The summed E-state index contributed by atoms with van der Waals surface area (Å²) in [4.78, 5) is 0. The van der Waals surface area contributed by atoms with Crippen LogP contribution in [0, 0.1) is 0 Å². The molecule has 0 aliphatic heterocycles. The Morgan fingerprint density at radius 3 is 2.12 bits per heavy atom. The minimum atomic E-state index is 0.572. The lowest BCUT2D eigenvalue weighted by Gasteiger charge is -2.10. The number of ether oxygens (including phenoxy) is 1. The Morgan fingerprint density at radius 2 is 1.44 bits per heavy atom. The highest BCUT2D eigenvalue weighted by atomic mass is 28.2. The van der Waals surface area contributed by atoms with Crippen molar-refractivity contribution in [1.82, 2.24) is 0 Å². The molecule has 0 aromatic heterocycles. The summed E-state index contributed by atoms with van der Waals surface area (Å²) in [6.45, 7) is 0.572. The largest absolute Gasteiger partial charge is 0.551 e. The summed E-state index contributed by atoms with van der Waals surface area (Å²) < 4.78 is 11.1. The van der Waals surface area contributed by atoms with Crippen molar-refractivity contribution in [3.8, 4) is 11.5 Å². The predicted molar refractivity (Wildman–Crippen MR) is 67.8 cm³/mol. The van der Waals surface area contributed by atoms with E-state index in [1.54, 1.807) is 0 Å². The van der Waals surface area contributed by atoms with Crippen LogP contribution in [-0.2, 0) is 6.61 Å². The van der Waals surface area contributed by atoms with Crippen LogP contribution in [0.25, 0.3) is 0 Å². The average Bonchev–Trinajstić information content (AvgIpc) is 2.38. The van der Waals surface area contributed by atoms with E-state index >= 15 is 0 Å². The lowest BCUT2D eigenvalue weighted by molar-refractivity contribution is 0.297. The number of hydrogen-bond donors (Lipinski definition) is 0. The molecule has 0 aliphatic rings. The highest BCUT2D eigenvalue weighted by Gasteiger charge is 2.01. The molecule has 0 bridgehead atoms. The Balaban J connectivity index is 2.05. The van der Waals surface area contributed by atoms with Gasteiger partial charge in [-0.15, -0.1) is 0 Å². The fourth-order valence-corrected chi connectivity index (χ4v) is 1.81. The number of benzene rings is 2. The quantitative estimate of drug-likeness (QED) is 0.747. The fraction of sp³-hybridized carbons (Fsp3) is 0.0769. The molecule has 16 heavy (non-hydrogen) atoms. The topological polar surface area (TPSA) is 18.5 Å². The van der Waals surface area contributed by atoms with E-state index in [1.165, 1.54) is 0 Å². The van der Waals surface area contributed by atoms with Crippen molar-refractivity contribution in [2.45, 2.75) is 6.61 Å². The van der Waals surface area contributed by atoms with Gasteiger partial charge in [0, 0.05) is 0 Å². The molecule has 0 aliphatic carbocycles. The van der Waals surface area contributed by atoms with Crippen molar-refractivity contribution in [2.24, 2.45) is 0 Å². The van der Waals surface area contributed by atoms with E-state index in [0.717, 1.165) is 17.1 Å². The lowest BCUT2D eigenvalue weighted by atomic mass is 10.2. The smallest absolute Gasteiger partial charge is 0.204 e. The summed E-state index contributed by atoms with van der Waals surface area (Å²) in [7, 11) is 0.672. The second-order valence-corrected chi connectivity index (χ2v) is 3.83. The van der Waals surface area contributed by atoms with Gasteiger partial charge < -0.3 is 9.16 Å². The van der Waals surface area contributed by atoms with E-state index < -0.39 is 0 Å². The van der Waals surface area contributed by atoms with Crippen molar-refractivity contribution >= 4 is 10.5 Å². The molecule has 2 aromatic rings. The predicted octanol–water partition coefficient (Wildman–Crippen LogP) is 1.92. The van der Waals surface area contributed by atoms with Crippen LogP contribution in [0.4, 0.5) is 0 Å². The maximum Gasteiger partial charge on any atom is 0.204 e. The highest BCUT2D eigenvalue weighted by Crippen LogP contribution is 2.26. The Morgan fingerprint density at radius 1 is 0.812 bits per heavy atom. The van der Waals surface area contributed by atoms with E-state index in [0.29, 0.717) is 17.1 Å². The molecule has 0 atom stereocenters. The molecule has 82 valence electrons. The van der Waals surface area contributed by atoms with Gasteiger partial charge in [-0.05, 0) is 17.7 Å². The van der Waals surface area contributed by atoms with E-state index in [9.17, 15) is 0 Å². The minimum absolute atomic E-state index is 0.572. The molecule has 3 heteroatoms. The van der Waals surface area contributed by atoms with Crippen LogP contribution in [0.5, 0.6) is 11.5 Å². The molecule has 0 radical (unpaired) electrons. The first-order valence-electron chi connectivity index (χ1n) is 5.20. The van der Waals surface area contributed by atoms with Crippen molar-refractivity contribution in [3.63, 3.8) is 0 Å². The highest BCUT2D eigenvalue weighted by molar-refractivity contribution is 6.00. The van der Waals surface area contributed by atoms with Gasteiger partial charge in [-0.1, -0.05) is 42.5 Å². The summed E-state index contributed by atoms with van der Waals surface area (Å²) in [5.74, 6) is 1.63.